The van der Waals surface area contributed by atoms with Gasteiger partial charge in [0.25, 0.3) is 0 Å². The van der Waals surface area contributed by atoms with Gasteiger partial charge in [-0.3, -0.25) is 0 Å². The van der Waals surface area contributed by atoms with E-state index in [-0.39, 0.29) is 0 Å². The maximum Gasteiger partial charge on any atom is 0.0579 e. The molecule has 0 radical (unpaired) electrons. The minimum atomic E-state index is -1.09. The maximum atomic E-state index is 5.94. The van der Waals surface area contributed by atoms with Gasteiger partial charge >= 0.3 is 0 Å². The van der Waals surface area contributed by atoms with Crippen molar-refractivity contribution in [2.75, 3.05) is 0 Å². The van der Waals surface area contributed by atoms with Crippen LogP contribution < -0.4 is 0 Å². The third kappa shape index (κ3) is 11.8. The topological polar surface area (TPSA) is 0 Å². The van der Waals surface area contributed by atoms with Crippen LogP contribution in [0, 0.1) is 0 Å². The zero-order valence-electron chi connectivity index (χ0n) is 13.8. The minimum Gasteiger partial charge on any atom is -0.123 e. The molecule has 0 bridgehead atoms. The SMILES string of the molecule is C=CC[Si](C)(CC=C)CCCCCCCCCC(C)Cl. The fraction of sp³-hybridized carbons (Fsp3) is 0.778. The molecule has 1 atom stereocenters. The summed E-state index contributed by atoms with van der Waals surface area (Å²) in [7, 11) is -1.09. The highest BCUT2D eigenvalue weighted by Crippen LogP contribution is 2.25. The standard InChI is InChI=1S/C18H35ClSi/c1-5-15-20(4,16-6-2)17-13-11-9-7-8-10-12-14-18(3)19/h5-6,18H,1-2,7-17H2,3-4H3. The Morgan fingerprint density at radius 3 is 1.80 bits per heavy atom. The average Bonchev–Trinajstić information content (AvgIpc) is 2.37. The lowest BCUT2D eigenvalue weighted by Gasteiger charge is -2.24. The van der Waals surface area contributed by atoms with Crippen LogP contribution in [0.5, 0.6) is 0 Å². The Bertz CT molecular complexity index is 238. The summed E-state index contributed by atoms with van der Waals surface area (Å²) < 4.78 is 0. The molecular weight excluding hydrogens is 280 g/mol. The Morgan fingerprint density at radius 1 is 0.900 bits per heavy atom. The molecule has 0 heterocycles. The van der Waals surface area contributed by atoms with Gasteiger partial charge in [0, 0.05) is 5.38 Å². The van der Waals surface area contributed by atoms with E-state index in [4.69, 9.17) is 11.6 Å². The Balaban J connectivity index is 3.50. The number of hydrogen-bond donors (Lipinski definition) is 0. The number of halogens is 1. The average molecular weight is 315 g/mol. The van der Waals surface area contributed by atoms with Gasteiger partial charge in [-0.1, -0.05) is 69.7 Å². The number of unbranched alkanes of at least 4 members (excludes halogenated alkanes) is 6. The third-order valence-corrected chi connectivity index (χ3v) is 8.48. The summed E-state index contributed by atoms with van der Waals surface area (Å²) in [6, 6.07) is 3.93. The Morgan fingerprint density at radius 2 is 1.35 bits per heavy atom. The van der Waals surface area contributed by atoms with Crippen LogP contribution in [0.2, 0.25) is 24.7 Å². The molecule has 0 spiro atoms. The van der Waals surface area contributed by atoms with E-state index in [1.807, 2.05) is 0 Å². The first-order valence-electron chi connectivity index (χ1n) is 8.40. The van der Waals surface area contributed by atoms with E-state index in [2.05, 4.69) is 38.8 Å². The second kappa shape index (κ2) is 12.7. The first kappa shape index (κ1) is 20.0. The van der Waals surface area contributed by atoms with Gasteiger partial charge < -0.3 is 0 Å². The van der Waals surface area contributed by atoms with Crippen LogP contribution in [0.25, 0.3) is 0 Å². The summed E-state index contributed by atoms with van der Waals surface area (Å²) >= 11 is 5.94. The fourth-order valence-corrected chi connectivity index (χ4v) is 6.07. The van der Waals surface area contributed by atoms with Crippen LogP contribution in [-0.2, 0) is 0 Å². The van der Waals surface area contributed by atoms with Crippen molar-refractivity contribution < 1.29 is 0 Å². The predicted molar refractivity (Wildman–Crippen MR) is 98.7 cm³/mol. The van der Waals surface area contributed by atoms with Crippen LogP contribution in [-0.4, -0.2) is 13.5 Å². The molecule has 0 saturated heterocycles. The minimum absolute atomic E-state index is 0.354. The van der Waals surface area contributed by atoms with E-state index in [0.29, 0.717) is 5.38 Å². The van der Waals surface area contributed by atoms with E-state index < -0.39 is 8.07 Å². The van der Waals surface area contributed by atoms with Crippen molar-refractivity contribution in [2.24, 2.45) is 0 Å². The summed E-state index contributed by atoms with van der Waals surface area (Å²) in [5.74, 6) is 0. The van der Waals surface area contributed by atoms with Crippen LogP contribution in [0.3, 0.4) is 0 Å². The molecule has 0 nitrogen and oxygen atoms in total. The van der Waals surface area contributed by atoms with E-state index in [0.717, 1.165) is 0 Å². The normalized spacial score (nSPS) is 13.2. The van der Waals surface area contributed by atoms with Gasteiger partial charge in [-0.25, -0.2) is 0 Å². The summed E-state index contributed by atoms with van der Waals surface area (Å²) in [5.41, 5.74) is 0. The van der Waals surface area contributed by atoms with E-state index in [1.54, 1.807) is 0 Å². The third-order valence-electron chi connectivity index (χ3n) is 4.16. The molecule has 0 rings (SSSR count). The molecule has 0 aliphatic rings. The smallest absolute Gasteiger partial charge is 0.0579 e. The zero-order valence-corrected chi connectivity index (χ0v) is 15.6. The summed E-state index contributed by atoms with van der Waals surface area (Å²) in [5, 5.41) is 0.354. The number of alkyl halides is 1. The molecule has 20 heavy (non-hydrogen) atoms. The molecule has 2 heteroatoms. The van der Waals surface area contributed by atoms with Gasteiger partial charge in [0.2, 0.25) is 0 Å². The molecule has 0 fully saturated rings. The summed E-state index contributed by atoms with van der Waals surface area (Å²) in [6.45, 7) is 12.4. The predicted octanol–water partition coefficient (Wildman–Crippen LogP) is 7.19. The van der Waals surface area contributed by atoms with Gasteiger partial charge in [0.05, 0.1) is 8.07 Å². The lowest BCUT2D eigenvalue weighted by Crippen LogP contribution is -2.27. The molecule has 0 aromatic rings. The molecule has 0 N–H and O–H groups in total. The highest BCUT2D eigenvalue weighted by Gasteiger charge is 2.22. The lowest BCUT2D eigenvalue weighted by molar-refractivity contribution is 0.573. The number of rotatable bonds is 14. The van der Waals surface area contributed by atoms with E-state index in [1.165, 1.54) is 69.5 Å². The van der Waals surface area contributed by atoms with Crippen molar-refractivity contribution >= 4 is 19.7 Å². The lowest BCUT2D eigenvalue weighted by atomic mass is 10.1. The number of allylic oxidation sites excluding steroid dienone is 2. The van der Waals surface area contributed by atoms with Crippen LogP contribution in [0.4, 0.5) is 0 Å². The highest BCUT2D eigenvalue weighted by molar-refractivity contribution is 6.79. The van der Waals surface area contributed by atoms with Crippen molar-refractivity contribution in [3.8, 4) is 0 Å². The first-order chi connectivity index (χ1) is 9.54. The van der Waals surface area contributed by atoms with Gasteiger partial charge in [0.1, 0.15) is 0 Å². The largest absolute Gasteiger partial charge is 0.123 e. The highest BCUT2D eigenvalue weighted by atomic mass is 35.5. The zero-order chi connectivity index (χ0) is 15.3. The second-order valence-electron chi connectivity index (χ2n) is 6.59. The molecule has 0 aliphatic carbocycles. The Kier molecular flexibility index (Phi) is 12.7. The molecule has 0 amide bonds. The molecule has 118 valence electrons. The second-order valence-corrected chi connectivity index (χ2v) is 12.3. The molecule has 0 saturated carbocycles. The molecule has 0 aliphatic heterocycles. The summed E-state index contributed by atoms with van der Waals surface area (Å²) in [6.07, 6.45) is 15.1. The van der Waals surface area contributed by atoms with Crippen LogP contribution in [0.1, 0.15) is 58.3 Å². The van der Waals surface area contributed by atoms with Gasteiger partial charge in [-0.05, 0) is 25.4 Å². The number of hydrogen-bond acceptors (Lipinski definition) is 0. The van der Waals surface area contributed by atoms with Crippen LogP contribution >= 0.6 is 11.6 Å². The molecule has 1 unspecified atom stereocenters. The van der Waals surface area contributed by atoms with Crippen molar-refractivity contribution in [3.05, 3.63) is 25.3 Å². The van der Waals surface area contributed by atoms with Crippen molar-refractivity contribution in [1.29, 1.82) is 0 Å². The first-order valence-corrected chi connectivity index (χ1v) is 12.0. The van der Waals surface area contributed by atoms with Gasteiger partial charge in [0.15, 0.2) is 0 Å². The van der Waals surface area contributed by atoms with E-state index >= 15 is 0 Å². The van der Waals surface area contributed by atoms with Gasteiger partial charge in [-0.15, -0.1) is 24.8 Å². The van der Waals surface area contributed by atoms with Crippen molar-refractivity contribution in [2.45, 2.75) is 88.3 Å². The van der Waals surface area contributed by atoms with Crippen LogP contribution in [0.15, 0.2) is 25.3 Å². The molecule has 0 aromatic heterocycles. The Hall–Kier alpha value is -0.0131. The van der Waals surface area contributed by atoms with E-state index in [9.17, 15) is 0 Å². The van der Waals surface area contributed by atoms with Gasteiger partial charge in [-0.2, -0.15) is 0 Å². The molecule has 0 aromatic carbocycles. The van der Waals surface area contributed by atoms with Crippen molar-refractivity contribution in [1.82, 2.24) is 0 Å². The van der Waals surface area contributed by atoms with Crippen molar-refractivity contribution in [3.63, 3.8) is 0 Å². The monoisotopic (exact) mass is 314 g/mol. The summed E-state index contributed by atoms with van der Waals surface area (Å²) in [4.78, 5) is 0. The quantitative estimate of drug-likeness (QED) is 0.138. The Labute approximate surface area is 133 Å². The molecular formula is C18H35ClSi. The maximum absolute atomic E-state index is 5.94. The fourth-order valence-electron chi connectivity index (χ4n) is 2.85.